The number of amides is 1. The van der Waals surface area contributed by atoms with Gasteiger partial charge >= 0.3 is 5.97 Å². The first-order valence-corrected chi connectivity index (χ1v) is 28.9. The van der Waals surface area contributed by atoms with Crippen LogP contribution in [0.15, 0.2) is 48.6 Å². The first kappa shape index (κ1) is 63.8. The van der Waals surface area contributed by atoms with E-state index in [1.807, 2.05) is 6.08 Å². The van der Waals surface area contributed by atoms with Gasteiger partial charge in [-0.3, -0.25) is 9.59 Å². The van der Waals surface area contributed by atoms with Crippen LogP contribution < -0.4 is 5.32 Å². The lowest BCUT2D eigenvalue weighted by atomic mass is 10.0. The molecule has 0 aromatic heterocycles. The minimum Gasteiger partial charge on any atom is -0.466 e. The van der Waals surface area contributed by atoms with E-state index in [0.717, 1.165) is 77.0 Å². The summed E-state index contributed by atoms with van der Waals surface area (Å²) in [7, 11) is 0. The van der Waals surface area contributed by atoms with E-state index >= 15 is 0 Å². The lowest BCUT2D eigenvalue weighted by Gasteiger charge is -2.20. The molecule has 1 amide bonds. The van der Waals surface area contributed by atoms with Gasteiger partial charge in [0.15, 0.2) is 0 Å². The molecule has 0 radical (unpaired) electrons. The fourth-order valence-electron chi connectivity index (χ4n) is 8.62. The van der Waals surface area contributed by atoms with Crippen LogP contribution in [0.3, 0.4) is 0 Å². The third-order valence-electron chi connectivity index (χ3n) is 13.1. The molecule has 2 atom stereocenters. The molecule has 0 aliphatic heterocycles. The summed E-state index contributed by atoms with van der Waals surface area (Å²) in [6, 6.07) is -0.635. The number of carbonyl (C=O) groups excluding carboxylic acids is 2. The number of aliphatic hydroxyl groups is 2. The monoisotopic (exact) mass is 926 g/mol. The Bertz CT molecular complexity index is 1110. The van der Waals surface area contributed by atoms with Gasteiger partial charge in [0.25, 0.3) is 0 Å². The minimum absolute atomic E-state index is 0.0152. The average Bonchev–Trinajstić information content (AvgIpc) is 3.32. The minimum atomic E-state index is -0.850. The largest absolute Gasteiger partial charge is 0.466 e. The third kappa shape index (κ3) is 51.2. The SMILES string of the molecule is CCCCCCCC/C=C\CCCCCCCCCCCC(=O)OCCCCC/C=C\C=C/CCCCCCCCCCCCC(=O)NC(CO)C(O)/C=C/CCCCCCCCCCC. The van der Waals surface area contributed by atoms with Crippen molar-refractivity contribution in [3.8, 4) is 0 Å². The molecule has 0 aliphatic rings. The van der Waals surface area contributed by atoms with E-state index in [0.29, 0.717) is 19.4 Å². The molecule has 0 aromatic rings. The van der Waals surface area contributed by atoms with Crippen LogP contribution in [0.4, 0.5) is 0 Å². The molecular formula is C60H111NO5. The van der Waals surface area contributed by atoms with Gasteiger partial charge in [-0.05, 0) is 89.9 Å². The zero-order valence-electron chi connectivity index (χ0n) is 43.9. The maximum atomic E-state index is 12.4. The standard InChI is InChI=1S/C60H111NO5/c1-3-5-7-9-11-13-15-16-17-18-20-24-27-30-34-38-42-46-50-54-60(65)66-55-51-47-43-39-35-31-28-25-22-19-21-23-26-29-33-37-41-45-49-53-59(64)61-57(56-62)58(63)52-48-44-40-36-32-14-12-10-8-6-4-2/h16-17,25,28,31,35,48,52,57-58,62-63H,3-15,18-24,26-27,29-30,32-34,36-47,49-51,53-56H2,1-2H3,(H,61,64)/b17-16-,28-25-,35-31-,52-48+. The molecule has 0 rings (SSSR count). The molecule has 3 N–H and O–H groups in total. The Balaban J connectivity index is 3.47. The van der Waals surface area contributed by atoms with E-state index in [1.54, 1.807) is 6.08 Å². The second kappa shape index (κ2) is 55.4. The molecule has 0 aliphatic carbocycles. The number of nitrogens with one attached hydrogen (secondary N) is 1. The van der Waals surface area contributed by atoms with Crippen molar-refractivity contribution in [1.82, 2.24) is 5.32 Å². The van der Waals surface area contributed by atoms with Crippen LogP contribution in [0.1, 0.15) is 296 Å². The zero-order chi connectivity index (χ0) is 47.9. The summed E-state index contributed by atoms with van der Waals surface area (Å²) in [5, 5.41) is 23.0. The third-order valence-corrected chi connectivity index (χ3v) is 13.1. The Hall–Kier alpha value is -2.18. The molecule has 6 nitrogen and oxygen atoms in total. The summed E-state index contributed by atoms with van der Waals surface area (Å²) in [6.45, 7) is 4.84. The number of esters is 1. The van der Waals surface area contributed by atoms with E-state index in [9.17, 15) is 19.8 Å². The van der Waals surface area contributed by atoms with Crippen LogP contribution in [0.2, 0.25) is 0 Å². The van der Waals surface area contributed by atoms with Crippen molar-refractivity contribution in [3.05, 3.63) is 48.6 Å². The lowest BCUT2D eigenvalue weighted by molar-refractivity contribution is -0.143. The second-order valence-electron chi connectivity index (χ2n) is 19.6. The van der Waals surface area contributed by atoms with Gasteiger partial charge in [0.1, 0.15) is 0 Å². The fraction of sp³-hybridized carbons (Fsp3) is 0.833. The number of hydrogen-bond acceptors (Lipinski definition) is 5. The number of carbonyl (C=O) groups is 2. The lowest BCUT2D eigenvalue weighted by Crippen LogP contribution is -2.45. The number of hydrogen-bond donors (Lipinski definition) is 3. The molecule has 386 valence electrons. The number of rotatable bonds is 53. The van der Waals surface area contributed by atoms with Gasteiger partial charge in [-0.2, -0.15) is 0 Å². The predicted octanol–water partition coefficient (Wildman–Crippen LogP) is 17.8. The Morgan fingerprint density at radius 2 is 0.758 bits per heavy atom. The van der Waals surface area contributed by atoms with Gasteiger partial charge in [0, 0.05) is 12.8 Å². The van der Waals surface area contributed by atoms with Gasteiger partial charge in [-0.1, -0.05) is 242 Å². The highest BCUT2D eigenvalue weighted by atomic mass is 16.5. The van der Waals surface area contributed by atoms with Gasteiger partial charge in [0.2, 0.25) is 5.91 Å². The van der Waals surface area contributed by atoms with E-state index in [1.165, 1.54) is 193 Å². The predicted molar refractivity (Wildman–Crippen MR) is 287 cm³/mol. The second-order valence-corrected chi connectivity index (χ2v) is 19.6. The van der Waals surface area contributed by atoms with E-state index < -0.39 is 12.1 Å². The topological polar surface area (TPSA) is 95.9 Å². The summed E-state index contributed by atoms with van der Waals surface area (Å²) in [5.41, 5.74) is 0. The Labute approximate surface area is 410 Å². The van der Waals surface area contributed by atoms with Crippen LogP contribution in [-0.4, -0.2) is 47.4 Å². The molecule has 0 bridgehead atoms. The molecule has 0 aromatic carbocycles. The first-order valence-electron chi connectivity index (χ1n) is 28.9. The van der Waals surface area contributed by atoms with Crippen molar-refractivity contribution in [2.24, 2.45) is 0 Å². The molecular weight excluding hydrogens is 815 g/mol. The van der Waals surface area contributed by atoms with Gasteiger partial charge in [0.05, 0.1) is 25.4 Å². The number of allylic oxidation sites excluding steroid dienone is 7. The van der Waals surface area contributed by atoms with Crippen LogP contribution >= 0.6 is 0 Å². The van der Waals surface area contributed by atoms with Crippen molar-refractivity contribution >= 4 is 11.9 Å². The molecule has 0 saturated carbocycles. The zero-order valence-corrected chi connectivity index (χ0v) is 43.9. The highest BCUT2D eigenvalue weighted by molar-refractivity contribution is 5.76. The fourth-order valence-corrected chi connectivity index (χ4v) is 8.62. The summed E-state index contributed by atoms with van der Waals surface area (Å²) in [4.78, 5) is 24.5. The maximum absolute atomic E-state index is 12.4. The van der Waals surface area contributed by atoms with Crippen molar-refractivity contribution in [3.63, 3.8) is 0 Å². The highest BCUT2D eigenvalue weighted by Gasteiger charge is 2.18. The Kier molecular flexibility index (Phi) is 53.6. The molecule has 0 heterocycles. The quantitative estimate of drug-likeness (QED) is 0.0244. The molecule has 0 fully saturated rings. The van der Waals surface area contributed by atoms with Gasteiger partial charge in [-0.15, -0.1) is 0 Å². The Morgan fingerprint density at radius 1 is 0.424 bits per heavy atom. The van der Waals surface area contributed by atoms with Gasteiger partial charge in [-0.25, -0.2) is 0 Å². The summed E-state index contributed by atoms with van der Waals surface area (Å²) in [6.07, 6.45) is 70.0. The van der Waals surface area contributed by atoms with Gasteiger partial charge < -0.3 is 20.3 Å². The highest BCUT2D eigenvalue weighted by Crippen LogP contribution is 2.16. The average molecular weight is 927 g/mol. The Morgan fingerprint density at radius 3 is 1.17 bits per heavy atom. The van der Waals surface area contributed by atoms with Crippen LogP contribution in [0.5, 0.6) is 0 Å². The summed E-state index contributed by atoms with van der Waals surface area (Å²) >= 11 is 0. The molecule has 0 saturated heterocycles. The maximum Gasteiger partial charge on any atom is 0.305 e. The number of unbranched alkanes of at least 4 members (excludes halogenated alkanes) is 37. The van der Waals surface area contributed by atoms with E-state index in [-0.39, 0.29) is 18.5 Å². The van der Waals surface area contributed by atoms with Crippen LogP contribution in [-0.2, 0) is 14.3 Å². The molecule has 0 spiro atoms. The number of aliphatic hydroxyl groups excluding tert-OH is 2. The summed E-state index contributed by atoms with van der Waals surface area (Å²) < 4.78 is 5.47. The number of ether oxygens (including phenoxy) is 1. The first-order chi connectivity index (χ1) is 32.5. The van der Waals surface area contributed by atoms with Crippen LogP contribution in [0.25, 0.3) is 0 Å². The molecule has 2 unspecified atom stereocenters. The molecule has 66 heavy (non-hydrogen) atoms. The molecule has 6 heteroatoms. The summed E-state index contributed by atoms with van der Waals surface area (Å²) in [5.74, 6) is -0.0951. The van der Waals surface area contributed by atoms with Crippen molar-refractivity contribution in [2.75, 3.05) is 13.2 Å². The smallest absolute Gasteiger partial charge is 0.305 e. The van der Waals surface area contributed by atoms with Crippen molar-refractivity contribution in [1.29, 1.82) is 0 Å². The van der Waals surface area contributed by atoms with Crippen molar-refractivity contribution < 1.29 is 24.5 Å². The van der Waals surface area contributed by atoms with Crippen LogP contribution in [0, 0.1) is 0 Å². The van der Waals surface area contributed by atoms with Crippen molar-refractivity contribution in [2.45, 2.75) is 309 Å². The van der Waals surface area contributed by atoms with E-state index in [2.05, 4.69) is 55.6 Å². The van der Waals surface area contributed by atoms with E-state index in [4.69, 9.17) is 4.74 Å². The normalized spacial score (nSPS) is 13.0.